The lowest BCUT2D eigenvalue weighted by Gasteiger charge is -2.42. The van der Waals surface area contributed by atoms with Gasteiger partial charge in [-0.2, -0.15) is 0 Å². The maximum Gasteiger partial charge on any atom is 0.0972 e. The van der Waals surface area contributed by atoms with Crippen LogP contribution in [0.2, 0.25) is 0 Å². The van der Waals surface area contributed by atoms with E-state index >= 15 is 0 Å². The predicted molar refractivity (Wildman–Crippen MR) is 311 cm³/mol. The van der Waals surface area contributed by atoms with E-state index in [1.54, 1.807) is 0 Å². The van der Waals surface area contributed by atoms with Crippen LogP contribution in [0.1, 0.15) is 49.9 Å². The summed E-state index contributed by atoms with van der Waals surface area (Å²) in [6.45, 7) is 9.39. The van der Waals surface area contributed by atoms with Crippen LogP contribution >= 0.6 is 0 Å². The number of hydrogen-bond donors (Lipinski definition) is 0. The Morgan fingerprint density at radius 2 is 0.787 bits per heavy atom. The zero-order chi connectivity index (χ0) is 50.2. The van der Waals surface area contributed by atoms with Crippen LogP contribution in [-0.2, 0) is 10.8 Å². The van der Waals surface area contributed by atoms with E-state index in [0.717, 1.165) is 82.9 Å². The quantitative estimate of drug-likeness (QED) is 0.161. The number of pyridine rings is 1. The average molecular weight is 963 g/mol. The van der Waals surface area contributed by atoms with Crippen molar-refractivity contribution in [3.63, 3.8) is 0 Å². The van der Waals surface area contributed by atoms with Crippen molar-refractivity contribution in [2.24, 2.45) is 0 Å². The third-order valence-corrected chi connectivity index (χ3v) is 16.5. The van der Waals surface area contributed by atoms with E-state index in [1.165, 1.54) is 55.8 Å². The lowest BCUT2D eigenvalue weighted by molar-refractivity contribution is 0.632. The Kier molecular flexibility index (Phi) is 9.25. The number of fused-ring (bicyclic) bond motifs is 13. The first-order valence-electron chi connectivity index (χ1n) is 25.9. The predicted octanol–water partition coefficient (Wildman–Crippen LogP) is 18.0. The first kappa shape index (κ1) is 43.2. The SMILES string of the molecule is CC1(C)c2ccccc2N(c2ccc3c(c2)c2ccc(N4c5ccccc5C(C)(C)c5ccccc54)cc2n3-c2ccc3c4ccc(-c5cccc(-c6cccnc6)c5)cc4c4nccnc4c3c2)c2ccccc21. The molecule has 2 aliphatic heterocycles. The van der Waals surface area contributed by atoms with Crippen LogP contribution in [0.5, 0.6) is 0 Å². The summed E-state index contributed by atoms with van der Waals surface area (Å²) in [7, 11) is 0. The highest BCUT2D eigenvalue weighted by atomic mass is 15.2. The minimum atomic E-state index is -0.173. The number of benzene rings is 10. The van der Waals surface area contributed by atoms with Crippen LogP contribution in [0, 0.1) is 0 Å². The molecule has 2 aliphatic rings. The molecule has 0 N–H and O–H groups in total. The standard InChI is InChI=1S/C69H50N6/c1-68(2)56-18-5-9-22-61(56)74(62-23-10-6-19-57(62)68)48-29-33-60-53(39-48)52-32-28-49(75-63-24-11-7-20-58(63)69(3,4)59-21-8-12-25-64(59)75)41-65(52)73(60)47-27-31-51-50-30-26-45(38-54(50)66-67(55(51)40-47)72-36-35-71-66)43-15-13-16-44(37-43)46-17-14-34-70-42-46/h5-42H,1-4H3. The summed E-state index contributed by atoms with van der Waals surface area (Å²) < 4.78 is 2.47. The minimum absolute atomic E-state index is 0.161. The molecule has 6 nitrogen and oxygen atoms in total. The van der Waals surface area contributed by atoms with E-state index < -0.39 is 0 Å². The number of anilines is 6. The summed E-state index contributed by atoms with van der Waals surface area (Å²) >= 11 is 0. The molecule has 15 rings (SSSR count). The van der Waals surface area contributed by atoms with E-state index in [9.17, 15) is 0 Å². The topological polar surface area (TPSA) is 50.1 Å². The van der Waals surface area contributed by atoms with E-state index in [2.05, 4.69) is 247 Å². The van der Waals surface area contributed by atoms with Gasteiger partial charge in [0.2, 0.25) is 0 Å². The summed E-state index contributed by atoms with van der Waals surface area (Å²) in [6.07, 6.45) is 7.37. The minimum Gasteiger partial charge on any atom is -0.310 e. The Hall–Kier alpha value is -9.39. The van der Waals surface area contributed by atoms with Gasteiger partial charge in [0.05, 0.1) is 44.8 Å². The zero-order valence-electron chi connectivity index (χ0n) is 42.1. The highest BCUT2D eigenvalue weighted by Crippen LogP contribution is 2.54. The Morgan fingerprint density at radius 3 is 1.37 bits per heavy atom. The second kappa shape index (κ2) is 16.1. The van der Waals surface area contributed by atoms with Gasteiger partial charge in [0.15, 0.2) is 0 Å². The fourth-order valence-corrected chi connectivity index (χ4v) is 12.8. The molecule has 0 amide bonds. The highest BCUT2D eigenvalue weighted by Gasteiger charge is 2.38. The molecule has 75 heavy (non-hydrogen) atoms. The Labute approximate surface area is 435 Å². The normalized spacial score (nSPS) is 14.3. The van der Waals surface area contributed by atoms with Crippen LogP contribution in [-0.4, -0.2) is 19.5 Å². The molecule has 0 unspecified atom stereocenters. The number of nitrogens with zero attached hydrogens (tertiary/aromatic N) is 6. The van der Waals surface area contributed by atoms with E-state index in [1.807, 2.05) is 30.9 Å². The lowest BCUT2D eigenvalue weighted by atomic mass is 9.73. The molecular weight excluding hydrogens is 913 g/mol. The van der Waals surface area contributed by atoms with Crippen LogP contribution in [0.4, 0.5) is 34.1 Å². The molecule has 13 aromatic rings. The second-order valence-corrected chi connectivity index (χ2v) is 21.3. The molecule has 0 radical (unpaired) electrons. The van der Waals surface area contributed by atoms with Gasteiger partial charge in [-0.1, -0.05) is 149 Å². The van der Waals surface area contributed by atoms with Crippen LogP contribution in [0.3, 0.4) is 0 Å². The van der Waals surface area contributed by atoms with Gasteiger partial charge in [-0.05, 0) is 135 Å². The number of para-hydroxylation sites is 4. The summed E-state index contributed by atoms with van der Waals surface area (Å²) in [5.74, 6) is 0. The van der Waals surface area contributed by atoms with Crippen molar-refractivity contribution in [1.82, 2.24) is 19.5 Å². The van der Waals surface area contributed by atoms with Gasteiger partial charge < -0.3 is 14.4 Å². The molecule has 0 saturated carbocycles. The van der Waals surface area contributed by atoms with E-state index in [0.29, 0.717) is 0 Å². The van der Waals surface area contributed by atoms with Crippen LogP contribution in [0.25, 0.3) is 82.3 Å². The maximum absolute atomic E-state index is 5.11. The van der Waals surface area contributed by atoms with E-state index in [4.69, 9.17) is 9.97 Å². The molecular formula is C69H50N6. The summed E-state index contributed by atoms with van der Waals surface area (Å²) in [6, 6.07) is 76.2. The fourth-order valence-electron chi connectivity index (χ4n) is 12.8. The highest BCUT2D eigenvalue weighted by molar-refractivity contribution is 6.24. The Balaban J connectivity index is 0.957. The van der Waals surface area contributed by atoms with Gasteiger partial charge in [-0.25, -0.2) is 0 Å². The summed E-state index contributed by atoms with van der Waals surface area (Å²) in [4.78, 5) is 19.5. The summed E-state index contributed by atoms with van der Waals surface area (Å²) in [5.41, 5.74) is 21.5. The van der Waals surface area contributed by atoms with Crippen LogP contribution in [0.15, 0.2) is 231 Å². The smallest absolute Gasteiger partial charge is 0.0972 e. The third-order valence-electron chi connectivity index (χ3n) is 16.5. The molecule has 0 saturated heterocycles. The van der Waals surface area contributed by atoms with Crippen molar-refractivity contribution < 1.29 is 0 Å². The van der Waals surface area contributed by atoms with Gasteiger partial charge >= 0.3 is 0 Å². The first-order chi connectivity index (χ1) is 36.7. The molecule has 0 aliphatic carbocycles. The molecule has 0 fully saturated rings. The second-order valence-electron chi connectivity index (χ2n) is 21.3. The number of rotatable bonds is 5. The number of aromatic nitrogens is 4. The molecule has 10 aromatic carbocycles. The first-order valence-corrected chi connectivity index (χ1v) is 25.9. The van der Waals surface area contributed by atoms with Crippen molar-refractivity contribution in [3.05, 3.63) is 253 Å². The van der Waals surface area contributed by atoms with Gasteiger partial charge in [-0.15, -0.1) is 0 Å². The summed E-state index contributed by atoms with van der Waals surface area (Å²) in [5, 5.41) is 6.76. The van der Waals surface area contributed by atoms with Crippen molar-refractivity contribution in [1.29, 1.82) is 0 Å². The molecule has 356 valence electrons. The van der Waals surface area contributed by atoms with Gasteiger partial charge in [0, 0.05) is 79.8 Å². The van der Waals surface area contributed by atoms with E-state index in [-0.39, 0.29) is 10.8 Å². The third kappa shape index (κ3) is 6.36. The molecule has 5 heterocycles. The van der Waals surface area contributed by atoms with Crippen molar-refractivity contribution in [2.75, 3.05) is 9.80 Å². The van der Waals surface area contributed by atoms with Crippen LogP contribution < -0.4 is 9.80 Å². The van der Waals surface area contributed by atoms with Gasteiger partial charge in [0.1, 0.15) is 0 Å². The molecule has 0 atom stereocenters. The largest absolute Gasteiger partial charge is 0.310 e. The fraction of sp³-hybridized carbons (Fsp3) is 0.0870. The molecule has 0 spiro atoms. The maximum atomic E-state index is 5.11. The van der Waals surface area contributed by atoms with Crippen molar-refractivity contribution >= 4 is 88.5 Å². The van der Waals surface area contributed by atoms with Crippen molar-refractivity contribution in [2.45, 2.75) is 38.5 Å². The molecule has 3 aromatic heterocycles. The zero-order valence-corrected chi connectivity index (χ0v) is 42.1. The molecule has 6 heteroatoms. The van der Waals surface area contributed by atoms with Crippen molar-refractivity contribution in [3.8, 4) is 27.9 Å². The lowest BCUT2D eigenvalue weighted by Crippen LogP contribution is -2.30. The Morgan fingerprint density at radius 1 is 0.320 bits per heavy atom. The number of hydrogen-bond acceptors (Lipinski definition) is 5. The molecule has 0 bridgehead atoms. The van der Waals surface area contributed by atoms with Gasteiger partial charge in [0.25, 0.3) is 0 Å². The Bertz CT molecular complexity index is 4390. The average Bonchev–Trinajstić information content (AvgIpc) is 3.82. The monoisotopic (exact) mass is 962 g/mol. The van der Waals surface area contributed by atoms with Gasteiger partial charge in [-0.3, -0.25) is 15.0 Å².